The Bertz CT molecular complexity index is 307. The van der Waals surface area contributed by atoms with Gasteiger partial charge in [-0.15, -0.1) is 23.5 Å². The molecule has 1 aromatic carbocycles. The lowest BCUT2D eigenvalue weighted by Gasteiger charge is -2.38. The van der Waals surface area contributed by atoms with Crippen molar-refractivity contribution in [3.05, 3.63) is 35.9 Å². The van der Waals surface area contributed by atoms with Crippen molar-refractivity contribution in [2.45, 2.75) is 31.3 Å². The van der Waals surface area contributed by atoms with Crippen LogP contribution < -0.4 is 0 Å². The van der Waals surface area contributed by atoms with Crippen molar-refractivity contribution in [1.82, 2.24) is 0 Å². The van der Waals surface area contributed by atoms with Gasteiger partial charge in [0.25, 0.3) is 0 Å². The van der Waals surface area contributed by atoms with Crippen molar-refractivity contribution in [3.63, 3.8) is 0 Å². The molecule has 1 heterocycles. The molecule has 0 aliphatic carbocycles. The molecule has 0 unspecified atom stereocenters. The molecule has 1 saturated heterocycles. The van der Waals surface area contributed by atoms with Gasteiger partial charge in [0.05, 0.1) is 4.58 Å². The Labute approximate surface area is 108 Å². The predicted octanol–water partition coefficient (Wildman–Crippen LogP) is 4.97. The fourth-order valence-corrected chi connectivity index (χ4v) is 5.71. The van der Waals surface area contributed by atoms with E-state index in [1.807, 2.05) is 0 Å². The zero-order chi connectivity index (χ0) is 11.4. The fourth-order valence-electron chi connectivity index (χ4n) is 2.06. The molecule has 16 heavy (non-hydrogen) atoms. The van der Waals surface area contributed by atoms with Crippen molar-refractivity contribution in [2.75, 3.05) is 11.5 Å². The van der Waals surface area contributed by atoms with E-state index in [1.165, 1.54) is 29.9 Å². The maximum absolute atomic E-state index is 2.34. The molecular weight excluding hydrogens is 232 g/mol. The summed E-state index contributed by atoms with van der Waals surface area (Å²) < 4.78 is 0.660. The van der Waals surface area contributed by atoms with Crippen LogP contribution in [0.1, 0.15) is 36.8 Å². The summed E-state index contributed by atoms with van der Waals surface area (Å²) in [6.45, 7) is 4.68. The third-order valence-corrected chi connectivity index (χ3v) is 7.18. The molecule has 1 aliphatic heterocycles. The minimum atomic E-state index is 0.598. The first-order valence-electron chi connectivity index (χ1n) is 6.08. The Morgan fingerprint density at radius 2 is 1.62 bits per heavy atom. The maximum Gasteiger partial charge on any atom is 0.0751 e. The average Bonchev–Trinajstić information content (AvgIpc) is 2.40. The summed E-state index contributed by atoms with van der Waals surface area (Å²) in [5, 5.41) is 0. The van der Waals surface area contributed by atoms with E-state index in [4.69, 9.17) is 0 Å². The molecule has 0 spiro atoms. The highest BCUT2D eigenvalue weighted by atomic mass is 32.2. The second-order valence-electron chi connectivity index (χ2n) is 4.57. The monoisotopic (exact) mass is 252 g/mol. The summed E-state index contributed by atoms with van der Waals surface area (Å²) in [4.78, 5) is 0. The molecule has 0 atom stereocenters. The molecule has 1 fully saturated rings. The van der Waals surface area contributed by atoms with Crippen molar-refractivity contribution in [2.24, 2.45) is 5.41 Å². The molecule has 1 aromatic rings. The molecule has 0 saturated carbocycles. The molecule has 0 nitrogen and oxygen atoms in total. The fraction of sp³-hybridized carbons (Fsp3) is 0.571. The molecule has 0 aromatic heterocycles. The molecule has 0 amide bonds. The average molecular weight is 252 g/mol. The Morgan fingerprint density at radius 3 is 2.12 bits per heavy atom. The lowest BCUT2D eigenvalue weighted by Crippen LogP contribution is -2.29. The Kier molecular flexibility index (Phi) is 4.26. The third-order valence-electron chi connectivity index (χ3n) is 3.65. The first kappa shape index (κ1) is 12.4. The number of hydrogen-bond donors (Lipinski definition) is 0. The number of thioether (sulfide) groups is 2. The minimum absolute atomic E-state index is 0.598. The van der Waals surface area contributed by atoms with Crippen LogP contribution in [0.4, 0.5) is 0 Å². The van der Waals surface area contributed by atoms with Gasteiger partial charge >= 0.3 is 0 Å². The first-order valence-corrected chi connectivity index (χ1v) is 8.17. The Morgan fingerprint density at radius 1 is 1.06 bits per heavy atom. The van der Waals surface area contributed by atoms with Crippen molar-refractivity contribution >= 4 is 23.5 Å². The van der Waals surface area contributed by atoms with Gasteiger partial charge in [0.2, 0.25) is 0 Å². The molecule has 2 rings (SSSR count). The third kappa shape index (κ3) is 2.60. The van der Waals surface area contributed by atoms with Gasteiger partial charge in [-0.3, -0.25) is 0 Å². The van der Waals surface area contributed by atoms with E-state index in [0.717, 1.165) is 0 Å². The van der Waals surface area contributed by atoms with Crippen LogP contribution in [0.2, 0.25) is 0 Å². The molecule has 88 valence electrons. The van der Waals surface area contributed by atoms with Gasteiger partial charge in [-0.2, -0.15) is 0 Å². The van der Waals surface area contributed by atoms with Crippen LogP contribution in [-0.2, 0) is 0 Å². The van der Waals surface area contributed by atoms with Gasteiger partial charge in [-0.05, 0) is 23.8 Å². The number of hydrogen-bond acceptors (Lipinski definition) is 2. The predicted molar refractivity (Wildman–Crippen MR) is 77.1 cm³/mol. The van der Waals surface area contributed by atoms with Crippen LogP contribution in [-0.4, -0.2) is 11.5 Å². The SMILES string of the molecule is CCC1(CC)CSC(c2ccccc2)SC1. The topological polar surface area (TPSA) is 0 Å². The van der Waals surface area contributed by atoms with Crippen molar-refractivity contribution in [3.8, 4) is 0 Å². The number of rotatable bonds is 3. The van der Waals surface area contributed by atoms with Crippen molar-refractivity contribution < 1.29 is 0 Å². The molecular formula is C14H20S2. The van der Waals surface area contributed by atoms with E-state index in [0.29, 0.717) is 10.00 Å². The highest BCUT2D eigenvalue weighted by molar-refractivity contribution is 8.17. The standard InChI is InChI=1S/C14H20S2/c1-3-14(4-2)10-15-13(16-11-14)12-8-6-5-7-9-12/h5-9,13H,3-4,10-11H2,1-2H3. The van der Waals surface area contributed by atoms with Gasteiger partial charge in [0, 0.05) is 11.5 Å². The Hall–Kier alpha value is -0.0800. The minimum Gasteiger partial charge on any atom is -0.142 e. The highest BCUT2D eigenvalue weighted by Gasteiger charge is 2.33. The van der Waals surface area contributed by atoms with Gasteiger partial charge in [0.15, 0.2) is 0 Å². The van der Waals surface area contributed by atoms with Gasteiger partial charge in [-0.1, -0.05) is 44.2 Å². The smallest absolute Gasteiger partial charge is 0.0751 e. The lowest BCUT2D eigenvalue weighted by molar-refractivity contribution is 0.354. The van der Waals surface area contributed by atoms with E-state index < -0.39 is 0 Å². The largest absolute Gasteiger partial charge is 0.142 e. The van der Waals surface area contributed by atoms with E-state index in [9.17, 15) is 0 Å². The maximum atomic E-state index is 2.34. The Balaban J connectivity index is 2.00. The first-order chi connectivity index (χ1) is 7.79. The lowest BCUT2D eigenvalue weighted by atomic mass is 9.87. The summed E-state index contributed by atoms with van der Waals surface area (Å²) in [6.07, 6.45) is 2.65. The summed E-state index contributed by atoms with van der Waals surface area (Å²) in [5.41, 5.74) is 2.08. The highest BCUT2D eigenvalue weighted by Crippen LogP contribution is 2.51. The van der Waals surface area contributed by atoms with Crippen LogP contribution in [0.3, 0.4) is 0 Å². The molecule has 1 aliphatic rings. The van der Waals surface area contributed by atoms with Gasteiger partial charge < -0.3 is 0 Å². The summed E-state index contributed by atoms with van der Waals surface area (Å²) in [5.74, 6) is 2.65. The zero-order valence-corrected chi connectivity index (χ0v) is 11.7. The molecule has 0 bridgehead atoms. The van der Waals surface area contributed by atoms with E-state index >= 15 is 0 Å². The summed E-state index contributed by atoms with van der Waals surface area (Å²) in [7, 11) is 0. The van der Waals surface area contributed by atoms with Crippen LogP contribution >= 0.6 is 23.5 Å². The van der Waals surface area contributed by atoms with E-state index in [2.05, 4.69) is 67.7 Å². The van der Waals surface area contributed by atoms with Gasteiger partial charge in [-0.25, -0.2) is 0 Å². The molecule has 0 radical (unpaired) electrons. The van der Waals surface area contributed by atoms with Crippen LogP contribution in [0.5, 0.6) is 0 Å². The molecule has 0 N–H and O–H groups in total. The van der Waals surface area contributed by atoms with Gasteiger partial charge in [0.1, 0.15) is 0 Å². The second kappa shape index (κ2) is 5.50. The van der Waals surface area contributed by atoms with E-state index in [-0.39, 0.29) is 0 Å². The van der Waals surface area contributed by atoms with Crippen molar-refractivity contribution in [1.29, 1.82) is 0 Å². The van der Waals surface area contributed by atoms with Crippen LogP contribution in [0.25, 0.3) is 0 Å². The van der Waals surface area contributed by atoms with Crippen LogP contribution in [0, 0.1) is 5.41 Å². The normalized spacial score (nSPS) is 20.9. The summed E-state index contributed by atoms with van der Waals surface area (Å²) in [6, 6.07) is 10.9. The number of benzene rings is 1. The summed E-state index contributed by atoms with van der Waals surface area (Å²) >= 11 is 4.27. The quantitative estimate of drug-likeness (QED) is 0.745. The molecule has 2 heteroatoms. The van der Waals surface area contributed by atoms with E-state index in [1.54, 1.807) is 0 Å². The van der Waals surface area contributed by atoms with Crippen LogP contribution in [0.15, 0.2) is 30.3 Å². The zero-order valence-electron chi connectivity index (χ0n) is 10.1. The second-order valence-corrected chi connectivity index (χ2v) is 7.06.